The summed E-state index contributed by atoms with van der Waals surface area (Å²) in [5.41, 5.74) is 0.247. The summed E-state index contributed by atoms with van der Waals surface area (Å²) in [6, 6.07) is 3.55. The molecule has 1 aliphatic heterocycles. The third-order valence-electron chi connectivity index (χ3n) is 4.30. The number of hydrogen-bond acceptors (Lipinski definition) is 7. The van der Waals surface area contributed by atoms with E-state index in [2.05, 4.69) is 15.6 Å². The summed E-state index contributed by atoms with van der Waals surface area (Å²) in [5, 5.41) is 9.72. The van der Waals surface area contributed by atoms with Gasteiger partial charge in [0.05, 0.1) is 23.5 Å². The summed E-state index contributed by atoms with van der Waals surface area (Å²) >= 11 is 0. The second kappa shape index (κ2) is 7.24. The molecule has 2 aromatic heterocycles. The summed E-state index contributed by atoms with van der Waals surface area (Å²) in [4.78, 5) is 17.5. The standard InChI is InChI=1S/C16H22N6O4S/c1-16(2)12-20(27(3,24)25)7-8-21(16)22-11-15(26-19-22)18-14(23)9-13-5-4-6-17-10-13/h4-6,10-11H,7-9,12H2,1-3H3. The molecule has 0 aromatic carbocycles. The highest BCUT2D eigenvalue weighted by Crippen LogP contribution is 2.21. The van der Waals surface area contributed by atoms with Crippen molar-refractivity contribution in [3.05, 3.63) is 41.6 Å². The van der Waals surface area contributed by atoms with Crippen LogP contribution in [0.4, 0.5) is 5.88 Å². The van der Waals surface area contributed by atoms with Gasteiger partial charge in [0, 0.05) is 31.9 Å². The Morgan fingerprint density at radius 1 is 1.41 bits per heavy atom. The first kappa shape index (κ1) is 19.2. The number of hydrogen-bond donors (Lipinski definition) is 0. The Hall–Kier alpha value is -2.53. The Kier molecular flexibility index (Phi) is 5.16. The minimum absolute atomic E-state index is 0.0882. The molecule has 0 aliphatic carbocycles. The maximum atomic E-state index is 12.1. The van der Waals surface area contributed by atoms with E-state index in [0.29, 0.717) is 19.6 Å². The lowest BCUT2D eigenvalue weighted by atomic mass is 10.0. The fourth-order valence-electron chi connectivity index (χ4n) is 3.00. The van der Waals surface area contributed by atoms with E-state index in [1.807, 2.05) is 18.9 Å². The van der Waals surface area contributed by atoms with Crippen LogP contribution in [-0.4, -0.2) is 60.3 Å². The van der Waals surface area contributed by atoms with Gasteiger partial charge in [0.2, 0.25) is 15.3 Å². The Balaban J connectivity index is 1.66. The number of carbonyl (C=O) groups is 1. The number of carbonyl (C=O) groups excluding carboxylic acids is 1. The third kappa shape index (κ3) is 4.61. The molecule has 1 aliphatic rings. The molecule has 0 spiro atoms. The zero-order valence-corrected chi connectivity index (χ0v) is 16.3. The number of piperazine rings is 1. The molecule has 1 fully saturated rings. The molecule has 0 radical (unpaired) electrons. The average molecular weight is 394 g/mol. The minimum Gasteiger partial charge on any atom is -0.588 e. The zero-order valence-electron chi connectivity index (χ0n) is 15.4. The van der Waals surface area contributed by atoms with Gasteiger partial charge in [0.15, 0.2) is 0 Å². The third-order valence-corrected chi connectivity index (χ3v) is 5.55. The fraction of sp³-hybridized carbons (Fsp3) is 0.500. The molecule has 1 saturated heterocycles. The Morgan fingerprint density at radius 3 is 2.81 bits per heavy atom. The lowest BCUT2D eigenvalue weighted by Crippen LogP contribution is -2.74. The van der Waals surface area contributed by atoms with Crippen LogP contribution in [0.5, 0.6) is 0 Å². The van der Waals surface area contributed by atoms with Crippen LogP contribution in [0.15, 0.2) is 35.2 Å². The van der Waals surface area contributed by atoms with Gasteiger partial charge in [-0.1, -0.05) is 6.07 Å². The van der Waals surface area contributed by atoms with Crippen molar-refractivity contribution in [3.8, 4) is 0 Å². The van der Waals surface area contributed by atoms with Gasteiger partial charge in [-0.15, -0.1) is 5.01 Å². The molecule has 0 atom stereocenters. The highest BCUT2D eigenvalue weighted by Gasteiger charge is 2.43. The smallest absolute Gasteiger partial charge is 0.257 e. The number of rotatable bonds is 5. The number of nitrogens with zero attached hydrogens (tertiary/aromatic N) is 6. The zero-order chi connectivity index (χ0) is 19.7. The summed E-state index contributed by atoms with van der Waals surface area (Å²) in [6.07, 6.45) is 6.08. The first-order valence-corrected chi connectivity index (χ1v) is 10.3. The molecule has 3 heterocycles. The van der Waals surface area contributed by atoms with Crippen LogP contribution >= 0.6 is 0 Å². The number of amides is 1. The first-order chi connectivity index (χ1) is 12.6. The van der Waals surface area contributed by atoms with Crippen LogP contribution in [0.3, 0.4) is 0 Å². The van der Waals surface area contributed by atoms with Crippen molar-refractivity contribution in [3.63, 3.8) is 0 Å². The van der Waals surface area contributed by atoms with Crippen molar-refractivity contribution in [2.24, 2.45) is 0 Å². The summed E-state index contributed by atoms with van der Waals surface area (Å²) in [7, 11) is -3.26. The molecular formula is C16H22N6O4S. The van der Waals surface area contributed by atoms with Crippen LogP contribution in [0.1, 0.15) is 19.4 Å². The van der Waals surface area contributed by atoms with E-state index < -0.39 is 15.6 Å². The molecule has 0 unspecified atom stereocenters. The van der Waals surface area contributed by atoms with Crippen molar-refractivity contribution >= 4 is 21.8 Å². The molecule has 10 nitrogen and oxygen atoms in total. The van der Waals surface area contributed by atoms with Gasteiger partial charge in [-0.2, -0.15) is 4.31 Å². The number of aromatic nitrogens is 3. The monoisotopic (exact) mass is 394 g/mol. The van der Waals surface area contributed by atoms with E-state index >= 15 is 0 Å². The first-order valence-electron chi connectivity index (χ1n) is 8.40. The van der Waals surface area contributed by atoms with E-state index in [0.717, 1.165) is 5.56 Å². The predicted octanol–water partition coefficient (Wildman–Crippen LogP) is 0.123. The van der Waals surface area contributed by atoms with Gasteiger partial charge < -0.3 is 14.6 Å². The molecule has 27 heavy (non-hydrogen) atoms. The second-order valence-corrected chi connectivity index (χ2v) is 9.02. The Labute approximate surface area is 157 Å². The van der Waals surface area contributed by atoms with Crippen molar-refractivity contribution < 1.29 is 22.5 Å². The maximum absolute atomic E-state index is 12.1. The van der Waals surface area contributed by atoms with Gasteiger partial charge in [-0.3, -0.25) is 4.98 Å². The predicted molar refractivity (Wildman–Crippen MR) is 96.2 cm³/mol. The Morgan fingerprint density at radius 2 is 2.19 bits per heavy atom. The quantitative estimate of drug-likeness (QED) is 0.662. The fourth-order valence-corrected chi connectivity index (χ4v) is 3.96. The van der Waals surface area contributed by atoms with Crippen molar-refractivity contribution in [2.45, 2.75) is 25.8 Å². The highest BCUT2D eigenvalue weighted by molar-refractivity contribution is 7.88. The summed E-state index contributed by atoms with van der Waals surface area (Å²) in [5.74, 6) is -0.280. The van der Waals surface area contributed by atoms with E-state index in [1.165, 1.54) is 21.5 Å². The molecule has 0 N–H and O–H groups in total. The lowest BCUT2D eigenvalue weighted by Gasteiger charge is -2.40. The number of sulfonamides is 1. The average Bonchev–Trinajstić information content (AvgIpc) is 3.01. The van der Waals surface area contributed by atoms with Crippen molar-refractivity contribution in [1.29, 1.82) is 0 Å². The van der Waals surface area contributed by atoms with Crippen molar-refractivity contribution in [2.75, 3.05) is 30.9 Å². The van der Waals surface area contributed by atoms with Crippen LogP contribution in [0, 0.1) is 0 Å². The normalized spacial score (nSPS) is 17.7. The molecule has 0 bridgehead atoms. The largest absolute Gasteiger partial charge is 0.588 e. The van der Waals surface area contributed by atoms with Crippen LogP contribution in [-0.2, 0) is 21.2 Å². The van der Waals surface area contributed by atoms with E-state index in [1.54, 1.807) is 24.5 Å². The maximum Gasteiger partial charge on any atom is 0.257 e. The van der Waals surface area contributed by atoms with Crippen LogP contribution < -0.4 is 9.80 Å². The van der Waals surface area contributed by atoms with Crippen LogP contribution in [0.2, 0.25) is 0 Å². The molecule has 3 rings (SSSR count). The van der Waals surface area contributed by atoms with Crippen molar-refractivity contribution in [1.82, 2.24) is 14.6 Å². The molecular weight excluding hydrogens is 372 g/mol. The van der Waals surface area contributed by atoms with Gasteiger partial charge >= 0.3 is 0 Å². The van der Waals surface area contributed by atoms with Gasteiger partial charge in [0.1, 0.15) is 11.4 Å². The SMILES string of the molecule is CC1(C)CN(S(C)(=O)=O)CCN1[n+]1cc([N-]C(=O)Cc2cccnc2)on1. The number of pyridine rings is 1. The molecule has 11 heteroatoms. The van der Waals surface area contributed by atoms with Gasteiger partial charge in [0.25, 0.3) is 6.20 Å². The molecule has 1 amide bonds. The Bertz CT molecular complexity index is 912. The molecule has 0 saturated carbocycles. The minimum atomic E-state index is -3.26. The molecule has 146 valence electrons. The van der Waals surface area contributed by atoms with E-state index in [9.17, 15) is 13.2 Å². The second-order valence-electron chi connectivity index (χ2n) is 7.04. The van der Waals surface area contributed by atoms with E-state index in [4.69, 9.17) is 4.52 Å². The topological polar surface area (TPSA) is 115 Å². The molecule has 2 aromatic rings. The summed E-state index contributed by atoms with van der Waals surface area (Å²) < 4.78 is 30.2. The van der Waals surface area contributed by atoms with Gasteiger partial charge in [-0.25, -0.2) is 8.42 Å². The highest BCUT2D eigenvalue weighted by atomic mass is 32.2. The van der Waals surface area contributed by atoms with E-state index in [-0.39, 0.29) is 18.2 Å². The lowest BCUT2D eigenvalue weighted by molar-refractivity contribution is -0.766. The van der Waals surface area contributed by atoms with Gasteiger partial charge in [-0.05, 0) is 25.5 Å². The van der Waals surface area contributed by atoms with Crippen LogP contribution in [0.25, 0.3) is 5.32 Å². The summed E-state index contributed by atoms with van der Waals surface area (Å²) in [6.45, 7) is 4.92.